The Morgan fingerprint density at radius 1 is 1.03 bits per heavy atom. The molecule has 0 amide bonds. The van der Waals surface area contributed by atoms with Gasteiger partial charge in [0.05, 0.1) is 6.04 Å². The van der Waals surface area contributed by atoms with E-state index < -0.39 is 0 Å². The lowest BCUT2D eigenvalue weighted by Gasteiger charge is -2.37. The predicted molar refractivity (Wildman–Crippen MR) is 104 cm³/mol. The van der Waals surface area contributed by atoms with Crippen molar-refractivity contribution in [2.75, 3.05) is 31.1 Å². The van der Waals surface area contributed by atoms with Crippen LogP contribution in [-0.4, -0.2) is 66.5 Å². The molecule has 4 heterocycles. The monoisotopic (exact) mass is 391 g/mol. The van der Waals surface area contributed by atoms with Gasteiger partial charge in [0.25, 0.3) is 0 Å². The largest absolute Gasteiger partial charge is 0.353 e. The van der Waals surface area contributed by atoms with Crippen molar-refractivity contribution < 1.29 is 4.52 Å². The Hall–Kier alpha value is -3.40. The molecule has 10 heteroatoms. The number of piperazine rings is 1. The van der Waals surface area contributed by atoms with Gasteiger partial charge in [-0.3, -0.25) is 4.90 Å². The van der Waals surface area contributed by atoms with Crippen LogP contribution in [0, 0.1) is 0 Å². The molecule has 1 aromatic carbocycles. The van der Waals surface area contributed by atoms with Crippen molar-refractivity contribution in [3.8, 4) is 0 Å². The average Bonchev–Trinajstić information content (AvgIpc) is 3.43. The first-order valence-electron chi connectivity index (χ1n) is 9.67. The van der Waals surface area contributed by atoms with Crippen molar-refractivity contribution in [3.63, 3.8) is 0 Å². The fourth-order valence-corrected chi connectivity index (χ4v) is 3.59. The predicted octanol–water partition coefficient (Wildman–Crippen LogP) is 1.38. The van der Waals surface area contributed by atoms with Crippen LogP contribution in [0.4, 0.5) is 5.82 Å². The number of rotatable bonds is 5. The lowest BCUT2D eigenvalue weighted by Crippen LogP contribution is -2.47. The lowest BCUT2D eigenvalue weighted by molar-refractivity contribution is 0.164. The van der Waals surface area contributed by atoms with Gasteiger partial charge < -0.3 is 9.42 Å². The first-order chi connectivity index (χ1) is 14.3. The molecule has 0 radical (unpaired) electrons. The summed E-state index contributed by atoms with van der Waals surface area (Å²) in [5.74, 6) is 2.26. The molecule has 29 heavy (non-hydrogen) atoms. The number of benzene rings is 1. The third-order valence-corrected chi connectivity index (χ3v) is 5.29. The van der Waals surface area contributed by atoms with E-state index in [4.69, 9.17) is 4.52 Å². The van der Waals surface area contributed by atoms with Gasteiger partial charge in [0, 0.05) is 32.6 Å². The summed E-state index contributed by atoms with van der Waals surface area (Å²) in [6, 6.07) is 14.1. The molecule has 0 N–H and O–H groups in total. The molecule has 1 aliphatic rings. The zero-order valence-electron chi connectivity index (χ0n) is 16.1. The van der Waals surface area contributed by atoms with Crippen molar-refractivity contribution in [1.29, 1.82) is 0 Å². The molecule has 0 unspecified atom stereocenters. The minimum Gasteiger partial charge on any atom is -0.353 e. The average molecular weight is 391 g/mol. The van der Waals surface area contributed by atoms with E-state index in [0.717, 1.165) is 37.8 Å². The van der Waals surface area contributed by atoms with Gasteiger partial charge in [0.15, 0.2) is 17.3 Å². The Bertz CT molecular complexity index is 1090. The summed E-state index contributed by atoms with van der Waals surface area (Å²) >= 11 is 0. The maximum absolute atomic E-state index is 5.55. The lowest BCUT2D eigenvalue weighted by atomic mass is 10.1. The van der Waals surface area contributed by atoms with Crippen LogP contribution in [0.2, 0.25) is 0 Å². The molecule has 1 saturated heterocycles. The van der Waals surface area contributed by atoms with E-state index in [-0.39, 0.29) is 6.04 Å². The van der Waals surface area contributed by atoms with Gasteiger partial charge in [-0.1, -0.05) is 35.5 Å². The zero-order valence-corrected chi connectivity index (χ0v) is 16.1. The van der Waals surface area contributed by atoms with Gasteiger partial charge in [-0.05, 0) is 35.0 Å². The molecule has 10 nitrogen and oxygen atoms in total. The van der Waals surface area contributed by atoms with E-state index in [1.807, 2.05) is 30.3 Å². The fourth-order valence-electron chi connectivity index (χ4n) is 3.59. The number of nitrogens with zero attached hydrogens (tertiary/aromatic N) is 9. The maximum Gasteiger partial charge on any atom is 0.243 e. The summed E-state index contributed by atoms with van der Waals surface area (Å²) in [5, 5.41) is 20.0. The summed E-state index contributed by atoms with van der Waals surface area (Å²) < 4.78 is 7.00. The first kappa shape index (κ1) is 17.7. The first-order valence-corrected chi connectivity index (χ1v) is 9.67. The van der Waals surface area contributed by atoms with E-state index in [2.05, 4.69) is 59.6 Å². The van der Waals surface area contributed by atoms with Crippen molar-refractivity contribution in [3.05, 3.63) is 59.7 Å². The molecule has 0 saturated carbocycles. The van der Waals surface area contributed by atoms with E-state index in [1.54, 1.807) is 0 Å². The molecule has 1 atom stereocenters. The van der Waals surface area contributed by atoms with Crippen molar-refractivity contribution in [1.82, 2.24) is 40.3 Å². The Morgan fingerprint density at radius 2 is 1.86 bits per heavy atom. The van der Waals surface area contributed by atoms with Gasteiger partial charge >= 0.3 is 0 Å². The van der Waals surface area contributed by atoms with Crippen LogP contribution in [0.15, 0.2) is 47.0 Å². The number of fused-ring (bicyclic) bond motifs is 1. The number of aromatic nitrogens is 7. The van der Waals surface area contributed by atoms with Gasteiger partial charge in [-0.15, -0.1) is 14.8 Å². The Morgan fingerprint density at radius 3 is 2.69 bits per heavy atom. The second-order valence-electron chi connectivity index (χ2n) is 7.13. The van der Waals surface area contributed by atoms with Gasteiger partial charge in [-0.2, -0.15) is 4.98 Å². The number of hydrogen-bond acceptors (Lipinski definition) is 9. The molecular formula is C19H21N9O. The van der Waals surface area contributed by atoms with E-state index in [1.165, 1.54) is 10.2 Å². The molecule has 148 valence electrons. The van der Waals surface area contributed by atoms with Crippen LogP contribution in [0.5, 0.6) is 0 Å². The smallest absolute Gasteiger partial charge is 0.243 e. The normalized spacial score (nSPS) is 16.4. The molecule has 3 aromatic heterocycles. The standard InChI is InChI=1S/C19H21N9O/c1-14(19-20-16(23-29-19)13-15-5-3-2-4-6-15)26-9-11-27(12-10-26)18-8-7-17-21-24-25-28(17)22-18/h2-8,14H,9-13H2,1H3/t14-/m0/s1. The maximum atomic E-state index is 5.55. The number of hydrogen-bond donors (Lipinski definition) is 0. The third-order valence-electron chi connectivity index (χ3n) is 5.29. The molecule has 5 rings (SSSR count). The fraction of sp³-hybridized carbons (Fsp3) is 0.368. The SMILES string of the molecule is C[C@@H](c1nc(Cc2ccccc2)no1)N1CCN(c2ccc3nnnn3n2)CC1. The van der Waals surface area contributed by atoms with Crippen LogP contribution < -0.4 is 4.90 Å². The summed E-state index contributed by atoms with van der Waals surface area (Å²) in [7, 11) is 0. The van der Waals surface area contributed by atoms with Crippen LogP contribution in [0.1, 0.15) is 30.2 Å². The van der Waals surface area contributed by atoms with E-state index in [0.29, 0.717) is 18.0 Å². The molecule has 1 aliphatic heterocycles. The van der Waals surface area contributed by atoms with Crippen molar-refractivity contribution in [2.24, 2.45) is 0 Å². The number of anilines is 1. The van der Waals surface area contributed by atoms with Crippen molar-refractivity contribution in [2.45, 2.75) is 19.4 Å². The van der Waals surface area contributed by atoms with Crippen molar-refractivity contribution >= 4 is 11.5 Å². The Labute approximate surface area is 167 Å². The number of tetrazole rings is 1. The van der Waals surface area contributed by atoms with Gasteiger partial charge in [-0.25, -0.2) is 0 Å². The van der Waals surface area contributed by atoms with Crippen LogP contribution in [0.25, 0.3) is 5.65 Å². The second-order valence-corrected chi connectivity index (χ2v) is 7.13. The van der Waals surface area contributed by atoms with Crippen LogP contribution >= 0.6 is 0 Å². The van der Waals surface area contributed by atoms with E-state index >= 15 is 0 Å². The van der Waals surface area contributed by atoms with Crippen LogP contribution in [0.3, 0.4) is 0 Å². The molecule has 0 spiro atoms. The van der Waals surface area contributed by atoms with Gasteiger partial charge in [0.1, 0.15) is 0 Å². The molecule has 0 bridgehead atoms. The quantitative estimate of drug-likeness (QED) is 0.499. The second kappa shape index (κ2) is 7.55. The molecule has 4 aromatic rings. The summed E-state index contributed by atoms with van der Waals surface area (Å²) in [6.45, 7) is 5.59. The summed E-state index contributed by atoms with van der Waals surface area (Å²) in [6.07, 6.45) is 0.677. The Balaban J connectivity index is 1.21. The highest BCUT2D eigenvalue weighted by molar-refractivity contribution is 5.44. The highest BCUT2D eigenvalue weighted by Gasteiger charge is 2.26. The highest BCUT2D eigenvalue weighted by atomic mass is 16.5. The van der Waals surface area contributed by atoms with Crippen LogP contribution in [-0.2, 0) is 6.42 Å². The molecule has 1 fully saturated rings. The summed E-state index contributed by atoms with van der Waals surface area (Å²) in [4.78, 5) is 9.20. The third kappa shape index (κ3) is 3.66. The zero-order chi connectivity index (χ0) is 19.6. The highest BCUT2D eigenvalue weighted by Crippen LogP contribution is 2.22. The Kier molecular flexibility index (Phi) is 4.60. The van der Waals surface area contributed by atoms with Gasteiger partial charge in [0.2, 0.25) is 5.89 Å². The molecule has 0 aliphatic carbocycles. The summed E-state index contributed by atoms with van der Waals surface area (Å²) in [5.41, 5.74) is 1.82. The van der Waals surface area contributed by atoms with E-state index in [9.17, 15) is 0 Å². The molecular weight excluding hydrogens is 370 g/mol. The minimum absolute atomic E-state index is 0.0733. The topological polar surface area (TPSA) is 101 Å². The minimum atomic E-state index is 0.0733.